The summed E-state index contributed by atoms with van der Waals surface area (Å²) in [6.07, 6.45) is 0.0925. The van der Waals surface area contributed by atoms with Gasteiger partial charge in [0.1, 0.15) is 5.54 Å². The molecule has 0 bridgehead atoms. The lowest BCUT2D eigenvalue weighted by molar-refractivity contribution is -0.130. The van der Waals surface area contributed by atoms with Crippen molar-refractivity contribution in [1.29, 1.82) is 0 Å². The number of hydrogen-bond acceptors (Lipinski definition) is 4. The number of rotatable bonds is 5. The van der Waals surface area contributed by atoms with Gasteiger partial charge < -0.3 is 16.4 Å². The van der Waals surface area contributed by atoms with Crippen molar-refractivity contribution in [1.82, 2.24) is 15.5 Å². The summed E-state index contributed by atoms with van der Waals surface area (Å²) in [6, 6.07) is -0.452. The van der Waals surface area contributed by atoms with E-state index in [1.165, 1.54) is 0 Å². The van der Waals surface area contributed by atoms with Crippen LogP contribution in [0.3, 0.4) is 0 Å². The lowest BCUT2D eigenvalue weighted by Gasteiger charge is -2.15. The van der Waals surface area contributed by atoms with E-state index in [9.17, 15) is 14.4 Å². The number of hydrogen-bond donors (Lipinski definition) is 3. The molecule has 0 spiro atoms. The number of nitrogens with two attached hydrogens (primary N) is 1. The maximum absolute atomic E-state index is 11.8. The molecule has 1 aliphatic rings. The molecule has 0 aliphatic carbocycles. The van der Waals surface area contributed by atoms with E-state index in [2.05, 4.69) is 10.6 Å². The smallest absolute Gasteiger partial charge is 0.325 e. The molecule has 7 nitrogen and oxygen atoms in total. The van der Waals surface area contributed by atoms with E-state index in [-0.39, 0.29) is 24.8 Å². The molecule has 1 saturated heterocycles. The van der Waals surface area contributed by atoms with Gasteiger partial charge in [0, 0.05) is 26.1 Å². The summed E-state index contributed by atoms with van der Waals surface area (Å²) in [4.78, 5) is 35.6. The minimum absolute atomic E-state index is 0.0878. The van der Waals surface area contributed by atoms with Gasteiger partial charge in [-0.3, -0.25) is 14.5 Å². The Morgan fingerprint density at radius 3 is 2.59 bits per heavy atom. The molecule has 1 aliphatic heterocycles. The van der Waals surface area contributed by atoms with Gasteiger partial charge in [-0.15, -0.1) is 0 Å². The normalized spacial score (nSPS) is 18.2. The molecule has 1 heterocycles. The summed E-state index contributed by atoms with van der Waals surface area (Å²) < 4.78 is 0. The van der Waals surface area contributed by atoms with Crippen LogP contribution in [-0.2, 0) is 9.59 Å². The van der Waals surface area contributed by atoms with Crippen LogP contribution in [0.15, 0.2) is 0 Å². The zero-order valence-corrected chi connectivity index (χ0v) is 10.1. The number of amides is 4. The molecular weight excluding hydrogens is 224 g/mol. The Labute approximate surface area is 99.7 Å². The highest BCUT2D eigenvalue weighted by Gasteiger charge is 2.43. The summed E-state index contributed by atoms with van der Waals surface area (Å²) in [6.45, 7) is 4.10. The SMILES string of the molecule is CC1(C)NC(=O)N(CCC(=O)NCCN)C1=O. The fourth-order valence-electron chi connectivity index (χ4n) is 1.53. The largest absolute Gasteiger partial charge is 0.355 e. The van der Waals surface area contributed by atoms with Gasteiger partial charge >= 0.3 is 6.03 Å². The quantitative estimate of drug-likeness (QED) is 0.526. The van der Waals surface area contributed by atoms with Gasteiger partial charge in [0.25, 0.3) is 5.91 Å². The Balaban J connectivity index is 2.45. The van der Waals surface area contributed by atoms with Crippen molar-refractivity contribution in [3.8, 4) is 0 Å². The lowest BCUT2D eigenvalue weighted by atomic mass is 10.1. The molecule has 0 aromatic rings. The van der Waals surface area contributed by atoms with E-state index in [1.807, 2.05) is 0 Å². The molecule has 1 fully saturated rings. The van der Waals surface area contributed by atoms with Crippen LogP contribution < -0.4 is 16.4 Å². The number of nitrogens with one attached hydrogen (secondary N) is 2. The maximum atomic E-state index is 11.8. The fraction of sp³-hybridized carbons (Fsp3) is 0.700. The second kappa shape index (κ2) is 5.13. The number of carbonyl (C=O) groups is 3. The monoisotopic (exact) mass is 242 g/mol. The molecule has 96 valence electrons. The zero-order chi connectivity index (χ0) is 13.1. The first-order chi connectivity index (χ1) is 7.88. The highest BCUT2D eigenvalue weighted by atomic mass is 16.2. The molecular formula is C10H18N4O3. The van der Waals surface area contributed by atoms with Crippen LogP contribution in [0.1, 0.15) is 20.3 Å². The van der Waals surface area contributed by atoms with Gasteiger partial charge in [-0.05, 0) is 13.8 Å². The summed E-state index contributed by atoms with van der Waals surface area (Å²) in [5.74, 6) is -0.533. The number of nitrogens with zero attached hydrogens (tertiary/aromatic N) is 1. The van der Waals surface area contributed by atoms with Gasteiger partial charge in [0.2, 0.25) is 5.91 Å². The minimum atomic E-state index is -0.884. The topological polar surface area (TPSA) is 105 Å². The summed E-state index contributed by atoms with van der Waals surface area (Å²) in [7, 11) is 0. The van der Waals surface area contributed by atoms with Crippen LogP contribution in [-0.4, -0.2) is 47.9 Å². The standard InChI is InChI=1S/C10H18N4O3/c1-10(2)8(16)14(9(17)13-10)6-3-7(15)12-5-4-11/h3-6,11H2,1-2H3,(H,12,15)(H,13,17). The average Bonchev–Trinajstić information content (AvgIpc) is 2.43. The van der Waals surface area contributed by atoms with Crippen LogP contribution >= 0.6 is 0 Å². The molecule has 0 saturated carbocycles. The van der Waals surface area contributed by atoms with Crippen LogP contribution in [0.25, 0.3) is 0 Å². The van der Waals surface area contributed by atoms with Crippen molar-refractivity contribution < 1.29 is 14.4 Å². The first kappa shape index (κ1) is 13.4. The molecule has 4 N–H and O–H groups in total. The van der Waals surface area contributed by atoms with Gasteiger partial charge in [0.05, 0.1) is 0 Å². The molecule has 0 aromatic heterocycles. The van der Waals surface area contributed by atoms with E-state index in [0.29, 0.717) is 13.1 Å². The predicted octanol–water partition coefficient (Wildman–Crippen LogP) is -1.22. The van der Waals surface area contributed by atoms with Crippen LogP contribution in [0.4, 0.5) is 4.79 Å². The van der Waals surface area contributed by atoms with E-state index in [4.69, 9.17) is 5.73 Å². The highest BCUT2D eigenvalue weighted by molar-refractivity contribution is 6.06. The number of carbonyl (C=O) groups excluding carboxylic acids is 3. The van der Waals surface area contributed by atoms with E-state index in [1.54, 1.807) is 13.8 Å². The first-order valence-corrected chi connectivity index (χ1v) is 5.49. The van der Waals surface area contributed by atoms with Gasteiger partial charge in [-0.2, -0.15) is 0 Å². The van der Waals surface area contributed by atoms with Gasteiger partial charge in [-0.1, -0.05) is 0 Å². The lowest BCUT2D eigenvalue weighted by Crippen LogP contribution is -2.40. The molecule has 0 atom stereocenters. The predicted molar refractivity (Wildman–Crippen MR) is 61.0 cm³/mol. The second-order valence-corrected chi connectivity index (χ2v) is 4.40. The maximum Gasteiger partial charge on any atom is 0.325 e. The van der Waals surface area contributed by atoms with Gasteiger partial charge in [-0.25, -0.2) is 4.79 Å². The number of imide groups is 1. The molecule has 0 radical (unpaired) electrons. The summed E-state index contributed by atoms with van der Waals surface area (Å²) in [5.41, 5.74) is 4.35. The second-order valence-electron chi connectivity index (χ2n) is 4.40. The van der Waals surface area contributed by atoms with Crippen LogP contribution in [0.5, 0.6) is 0 Å². The average molecular weight is 242 g/mol. The number of urea groups is 1. The molecule has 0 unspecified atom stereocenters. The Kier molecular flexibility index (Phi) is 4.06. The van der Waals surface area contributed by atoms with Crippen LogP contribution in [0, 0.1) is 0 Å². The molecule has 1 rings (SSSR count). The zero-order valence-electron chi connectivity index (χ0n) is 10.1. The van der Waals surface area contributed by atoms with E-state index in [0.717, 1.165) is 4.90 Å². The highest BCUT2D eigenvalue weighted by Crippen LogP contribution is 2.16. The van der Waals surface area contributed by atoms with Crippen molar-refractivity contribution >= 4 is 17.8 Å². The van der Waals surface area contributed by atoms with Gasteiger partial charge in [0.15, 0.2) is 0 Å². The fourth-order valence-corrected chi connectivity index (χ4v) is 1.53. The summed E-state index contributed by atoms with van der Waals surface area (Å²) in [5, 5.41) is 5.12. The van der Waals surface area contributed by atoms with Crippen molar-refractivity contribution in [3.63, 3.8) is 0 Å². The van der Waals surface area contributed by atoms with Crippen molar-refractivity contribution in [2.45, 2.75) is 25.8 Å². The van der Waals surface area contributed by atoms with E-state index >= 15 is 0 Å². The first-order valence-electron chi connectivity index (χ1n) is 5.49. The Bertz CT molecular complexity index is 340. The van der Waals surface area contributed by atoms with E-state index < -0.39 is 11.6 Å². The third kappa shape index (κ3) is 3.16. The molecule has 4 amide bonds. The Hall–Kier alpha value is -1.63. The van der Waals surface area contributed by atoms with Crippen molar-refractivity contribution in [2.75, 3.05) is 19.6 Å². The molecule has 7 heteroatoms. The Morgan fingerprint density at radius 2 is 2.12 bits per heavy atom. The third-order valence-electron chi connectivity index (χ3n) is 2.47. The van der Waals surface area contributed by atoms with Crippen molar-refractivity contribution in [2.24, 2.45) is 5.73 Å². The van der Waals surface area contributed by atoms with Crippen LogP contribution in [0.2, 0.25) is 0 Å². The third-order valence-corrected chi connectivity index (χ3v) is 2.47. The molecule has 17 heavy (non-hydrogen) atoms. The Morgan fingerprint density at radius 1 is 1.47 bits per heavy atom. The minimum Gasteiger partial charge on any atom is -0.355 e. The summed E-state index contributed by atoms with van der Waals surface area (Å²) >= 11 is 0. The van der Waals surface area contributed by atoms with Crippen molar-refractivity contribution in [3.05, 3.63) is 0 Å². The molecule has 0 aromatic carbocycles.